The van der Waals surface area contributed by atoms with Crippen molar-refractivity contribution in [2.24, 2.45) is 0 Å². The van der Waals surface area contributed by atoms with Gasteiger partial charge in [0.05, 0.1) is 42.9 Å². The molecule has 7 nitrogen and oxygen atoms in total. The highest BCUT2D eigenvalue weighted by molar-refractivity contribution is 5.94. The maximum absolute atomic E-state index is 12.0. The lowest BCUT2D eigenvalue weighted by atomic mass is 10.1. The molecule has 0 aliphatic carbocycles. The molecule has 1 rings (SSSR count). The Balaban J connectivity index is 2.48. The molecule has 0 aromatic heterocycles. The van der Waals surface area contributed by atoms with E-state index in [9.17, 15) is 14.7 Å². The van der Waals surface area contributed by atoms with Crippen LogP contribution in [0.4, 0.5) is 5.69 Å². The van der Waals surface area contributed by atoms with E-state index in [-0.39, 0.29) is 12.5 Å². The van der Waals surface area contributed by atoms with E-state index in [2.05, 4.69) is 5.32 Å². The summed E-state index contributed by atoms with van der Waals surface area (Å²) in [5, 5.41) is 24.3. The number of hydrogen-bond acceptors (Lipinski definition) is 5. The van der Waals surface area contributed by atoms with E-state index in [1.54, 1.807) is 29.6 Å². The molecule has 130 valence electrons. The Kier molecular flexibility index (Phi) is 8.47. The fourth-order valence-electron chi connectivity index (χ4n) is 2.07. The average molecular weight is 333 g/mol. The maximum atomic E-state index is 12.0. The number of nitrogens with two attached hydrogens (primary N) is 1. The van der Waals surface area contributed by atoms with Crippen LogP contribution >= 0.6 is 0 Å². The highest BCUT2D eigenvalue weighted by Gasteiger charge is 2.18. The zero-order valence-electron chi connectivity index (χ0n) is 14.0. The monoisotopic (exact) mass is 333 g/mol. The van der Waals surface area contributed by atoms with Crippen molar-refractivity contribution in [2.45, 2.75) is 38.8 Å². The molecule has 1 amide bonds. The Morgan fingerprint density at radius 2 is 2.08 bits per heavy atom. The molecule has 0 radical (unpaired) electrons. The molecule has 0 unspecified atom stereocenters. The molecule has 7 heteroatoms. The van der Waals surface area contributed by atoms with Crippen LogP contribution in [0, 0.1) is 11.3 Å². The molecule has 0 aliphatic rings. The quantitative estimate of drug-likeness (QED) is 0.553. The van der Waals surface area contributed by atoms with Gasteiger partial charge in [-0.15, -0.1) is 0 Å². The minimum absolute atomic E-state index is 0.132. The molecule has 0 fully saturated rings. The molecule has 1 aromatic carbocycles. The number of carbonyl (C=O) groups is 2. The number of hydrogen-bond donors (Lipinski definition) is 2. The number of nitrogens with zero attached hydrogens (tertiary/aromatic N) is 1. The van der Waals surface area contributed by atoms with Gasteiger partial charge in [0.25, 0.3) is 0 Å². The van der Waals surface area contributed by atoms with Crippen molar-refractivity contribution in [3.05, 3.63) is 29.8 Å². The first-order chi connectivity index (χ1) is 11.4. The van der Waals surface area contributed by atoms with Crippen molar-refractivity contribution in [2.75, 3.05) is 18.5 Å². The summed E-state index contributed by atoms with van der Waals surface area (Å²) >= 11 is 0. The normalized spacial score (nSPS) is 11.8. The highest BCUT2D eigenvalue weighted by atomic mass is 16.5. The van der Waals surface area contributed by atoms with Crippen LogP contribution in [0.15, 0.2) is 24.3 Å². The van der Waals surface area contributed by atoms with Crippen molar-refractivity contribution in [3.8, 4) is 6.07 Å². The molecule has 0 spiro atoms. The molecule has 0 saturated heterocycles. The van der Waals surface area contributed by atoms with Gasteiger partial charge in [-0.05, 0) is 26.0 Å². The Labute approximate surface area is 141 Å². The van der Waals surface area contributed by atoms with Crippen LogP contribution in [0.1, 0.15) is 32.3 Å². The number of aliphatic carboxylic acids is 1. The minimum atomic E-state index is -1.29. The summed E-state index contributed by atoms with van der Waals surface area (Å²) in [6.07, 6.45) is 0.585. The number of ether oxygens (including phenoxy) is 1. The summed E-state index contributed by atoms with van der Waals surface area (Å²) in [5.74, 6) is -1.76. The molecule has 3 N–H and O–H groups in total. The second-order valence-electron chi connectivity index (χ2n) is 5.63. The van der Waals surface area contributed by atoms with Gasteiger partial charge in [0.2, 0.25) is 5.91 Å². The smallest absolute Gasteiger partial charge is 0.230 e. The van der Waals surface area contributed by atoms with Crippen LogP contribution < -0.4 is 15.7 Å². The Morgan fingerprint density at radius 1 is 1.38 bits per heavy atom. The zero-order chi connectivity index (χ0) is 17.9. The number of carbonyl (C=O) groups excluding carboxylic acids is 2. The van der Waals surface area contributed by atoms with E-state index in [0.29, 0.717) is 30.8 Å². The van der Waals surface area contributed by atoms with Gasteiger partial charge in [-0.1, -0.05) is 12.1 Å². The molecule has 0 aliphatic heterocycles. The number of anilines is 1. The summed E-state index contributed by atoms with van der Waals surface area (Å²) in [7, 11) is 0. The highest BCUT2D eigenvalue weighted by Crippen LogP contribution is 2.13. The second kappa shape index (κ2) is 10.4. The second-order valence-corrected chi connectivity index (χ2v) is 5.63. The number of carboxylic acids is 1. The van der Waals surface area contributed by atoms with E-state index in [1.165, 1.54) is 0 Å². The van der Waals surface area contributed by atoms with E-state index < -0.39 is 17.9 Å². The molecular weight excluding hydrogens is 310 g/mol. The number of nitrogens with one attached hydrogen (secondary N) is 1. The van der Waals surface area contributed by atoms with Crippen molar-refractivity contribution in [1.29, 1.82) is 5.26 Å². The topological polar surface area (TPSA) is 119 Å². The number of carboxylic acid groups (broad SMARTS) is 1. The third kappa shape index (κ3) is 7.22. The molecule has 0 saturated carbocycles. The van der Waals surface area contributed by atoms with Gasteiger partial charge >= 0.3 is 0 Å². The molecule has 24 heavy (non-hydrogen) atoms. The first kappa shape index (κ1) is 19.6. The predicted octanol–water partition coefficient (Wildman–Crippen LogP) is -0.616. The minimum Gasteiger partial charge on any atom is -0.544 e. The van der Waals surface area contributed by atoms with Gasteiger partial charge in [0.15, 0.2) is 0 Å². The SMILES string of the molecule is CC(C)OCCC[NH2+][C@@H](CC(=O)Nc1ccccc1C#N)C(=O)[O-]. The molecular formula is C17H23N3O4. The molecule has 1 aromatic rings. The fourth-order valence-corrected chi connectivity index (χ4v) is 2.07. The van der Waals surface area contributed by atoms with Crippen LogP contribution in [0.3, 0.4) is 0 Å². The number of benzene rings is 1. The standard InChI is InChI=1S/C17H23N3O4/c1-12(2)24-9-5-8-19-15(17(22)23)10-16(21)20-14-7-4-3-6-13(14)11-18/h3-4,6-7,12,15,19H,5,8-10H2,1-2H3,(H,20,21)(H,22,23)/t15-/m0/s1. The number of amides is 1. The van der Waals surface area contributed by atoms with Crippen molar-refractivity contribution >= 4 is 17.6 Å². The van der Waals surface area contributed by atoms with Gasteiger partial charge < -0.3 is 25.3 Å². The lowest BCUT2D eigenvalue weighted by molar-refractivity contribution is -0.682. The summed E-state index contributed by atoms with van der Waals surface area (Å²) < 4.78 is 5.38. The predicted molar refractivity (Wildman–Crippen MR) is 85.7 cm³/mol. The number of quaternary nitrogens is 1. The number of para-hydroxylation sites is 1. The van der Waals surface area contributed by atoms with Gasteiger partial charge in [-0.2, -0.15) is 5.26 Å². The molecule has 1 atom stereocenters. The number of nitriles is 1. The van der Waals surface area contributed by atoms with Crippen LogP contribution in [-0.2, 0) is 14.3 Å². The van der Waals surface area contributed by atoms with E-state index in [1.807, 2.05) is 19.9 Å². The van der Waals surface area contributed by atoms with Gasteiger partial charge in [0, 0.05) is 6.42 Å². The van der Waals surface area contributed by atoms with E-state index in [0.717, 1.165) is 0 Å². The van der Waals surface area contributed by atoms with E-state index in [4.69, 9.17) is 10.00 Å². The lowest BCUT2D eigenvalue weighted by Gasteiger charge is -2.17. The van der Waals surface area contributed by atoms with Crippen LogP contribution in [0.25, 0.3) is 0 Å². The molecule has 0 bridgehead atoms. The maximum Gasteiger partial charge on any atom is 0.230 e. The third-order valence-corrected chi connectivity index (χ3v) is 3.28. The van der Waals surface area contributed by atoms with E-state index >= 15 is 0 Å². The van der Waals surface area contributed by atoms with Gasteiger partial charge in [0.1, 0.15) is 12.1 Å². The largest absolute Gasteiger partial charge is 0.544 e. The summed E-state index contributed by atoms with van der Waals surface area (Å²) in [6.45, 7) is 4.91. The summed E-state index contributed by atoms with van der Waals surface area (Å²) in [6, 6.07) is 7.54. The summed E-state index contributed by atoms with van der Waals surface area (Å²) in [4.78, 5) is 23.2. The van der Waals surface area contributed by atoms with Gasteiger partial charge in [-0.25, -0.2) is 0 Å². The Morgan fingerprint density at radius 3 is 2.71 bits per heavy atom. The Hall–Kier alpha value is -2.43. The summed E-state index contributed by atoms with van der Waals surface area (Å²) in [5.41, 5.74) is 0.693. The van der Waals surface area contributed by atoms with Crippen LogP contribution in [0.5, 0.6) is 0 Å². The zero-order valence-corrected chi connectivity index (χ0v) is 14.0. The molecule has 0 heterocycles. The van der Waals surface area contributed by atoms with Gasteiger partial charge in [-0.3, -0.25) is 4.79 Å². The Bertz CT molecular complexity index is 596. The van der Waals surface area contributed by atoms with Crippen molar-refractivity contribution < 1.29 is 24.7 Å². The van der Waals surface area contributed by atoms with Crippen molar-refractivity contribution in [3.63, 3.8) is 0 Å². The first-order valence-electron chi connectivity index (χ1n) is 7.88. The van der Waals surface area contributed by atoms with Crippen molar-refractivity contribution in [1.82, 2.24) is 0 Å². The third-order valence-electron chi connectivity index (χ3n) is 3.28. The number of rotatable bonds is 10. The fraction of sp³-hybridized carbons (Fsp3) is 0.471. The first-order valence-corrected chi connectivity index (χ1v) is 7.88. The lowest BCUT2D eigenvalue weighted by Crippen LogP contribution is -2.93. The average Bonchev–Trinajstić information content (AvgIpc) is 2.53. The van der Waals surface area contributed by atoms with Crippen LogP contribution in [-0.4, -0.2) is 37.2 Å². The van der Waals surface area contributed by atoms with Crippen LogP contribution in [0.2, 0.25) is 0 Å².